The number of imidazole rings is 1. The monoisotopic (exact) mass is 258 g/mol. The third-order valence-corrected chi connectivity index (χ3v) is 2.62. The summed E-state index contributed by atoms with van der Waals surface area (Å²) in [7, 11) is 0. The molecule has 0 aliphatic heterocycles. The number of benzene rings is 1. The summed E-state index contributed by atoms with van der Waals surface area (Å²) in [5.74, 6) is 1.19. The number of rotatable bonds is 4. The molecule has 0 unspecified atom stereocenters. The fraction of sp³-hybridized carbons (Fsp3) is 0.286. The fourth-order valence-electron chi connectivity index (χ4n) is 1.78. The molecular weight excluding hydrogens is 240 g/mol. The summed E-state index contributed by atoms with van der Waals surface area (Å²) in [5, 5.41) is 4.31. The van der Waals surface area contributed by atoms with Crippen LogP contribution in [-0.4, -0.2) is 22.5 Å². The summed E-state index contributed by atoms with van der Waals surface area (Å²) < 4.78 is 7.12. The van der Waals surface area contributed by atoms with E-state index in [9.17, 15) is 0 Å². The first-order valence-corrected chi connectivity index (χ1v) is 6.19. The molecule has 0 fully saturated rings. The highest BCUT2D eigenvalue weighted by Gasteiger charge is 2.03. The Kier molecular flexibility index (Phi) is 3.85. The molecule has 1 heterocycles. The predicted octanol–water partition coefficient (Wildman–Crippen LogP) is 2.36. The molecule has 19 heavy (non-hydrogen) atoms. The maximum Gasteiger partial charge on any atom is 0.221 e. The molecule has 0 amide bonds. The summed E-state index contributed by atoms with van der Waals surface area (Å²) in [4.78, 5) is 4.10. The van der Waals surface area contributed by atoms with E-state index in [1.165, 1.54) is 0 Å². The van der Waals surface area contributed by atoms with Crippen molar-refractivity contribution in [1.29, 1.82) is 0 Å². The van der Waals surface area contributed by atoms with Gasteiger partial charge in [0.05, 0.1) is 24.7 Å². The van der Waals surface area contributed by atoms with Gasteiger partial charge in [0.15, 0.2) is 0 Å². The van der Waals surface area contributed by atoms with Gasteiger partial charge in [0.25, 0.3) is 0 Å². The maximum absolute atomic E-state index is 5.74. The van der Waals surface area contributed by atoms with E-state index >= 15 is 0 Å². The minimum atomic E-state index is 0.374. The third-order valence-electron chi connectivity index (χ3n) is 2.62. The van der Waals surface area contributed by atoms with Crippen molar-refractivity contribution in [3.05, 3.63) is 41.2 Å². The summed E-state index contributed by atoms with van der Waals surface area (Å²) in [5.41, 5.74) is 8.65. The van der Waals surface area contributed by atoms with Crippen LogP contribution in [0.3, 0.4) is 0 Å². The van der Waals surface area contributed by atoms with E-state index in [-0.39, 0.29) is 0 Å². The molecule has 2 aromatic rings. The van der Waals surface area contributed by atoms with E-state index in [1.54, 1.807) is 17.1 Å². The van der Waals surface area contributed by atoms with Crippen LogP contribution in [-0.2, 0) is 0 Å². The highest BCUT2D eigenvalue weighted by Crippen LogP contribution is 2.18. The number of aryl methyl sites for hydroxylation is 2. The lowest BCUT2D eigenvalue weighted by Crippen LogP contribution is -1.99. The van der Waals surface area contributed by atoms with Gasteiger partial charge in [-0.25, -0.2) is 9.66 Å². The summed E-state index contributed by atoms with van der Waals surface area (Å²) in [6.45, 7) is 6.48. The van der Waals surface area contributed by atoms with Crippen molar-refractivity contribution < 1.29 is 4.74 Å². The molecule has 0 bridgehead atoms. The van der Waals surface area contributed by atoms with E-state index < -0.39 is 0 Å². The number of nitrogens with zero attached hydrogens (tertiary/aromatic N) is 3. The van der Waals surface area contributed by atoms with Crippen molar-refractivity contribution in [2.45, 2.75) is 20.8 Å². The number of ether oxygens (including phenoxy) is 1. The van der Waals surface area contributed by atoms with Crippen LogP contribution in [0, 0.1) is 13.8 Å². The first-order valence-electron chi connectivity index (χ1n) is 6.19. The van der Waals surface area contributed by atoms with E-state index in [2.05, 4.69) is 10.1 Å². The van der Waals surface area contributed by atoms with Crippen LogP contribution in [0.4, 0.5) is 5.95 Å². The molecule has 0 spiro atoms. The van der Waals surface area contributed by atoms with E-state index in [0.29, 0.717) is 12.6 Å². The molecule has 0 aliphatic rings. The van der Waals surface area contributed by atoms with E-state index in [4.69, 9.17) is 10.5 Å². The predicted molar refractivity (Wildman–Crippen MR) is 76.7 cm³/mol. The number of aromatic nitrogens is 2. The number of nitrogen functional groups attached to an aromatic ring is 1. The average Bonchev–Trinajstić information content (AvgIpc) is 2.68. The van der Waals surface area contributed by atoms with Gasteiger partial charge in [0.2, 0.25) is 5.95 Å². The summed E-state index contributed by atoms with van der Waals surface area (Å²) >= 11 is 0. The Morgan fingerprint density at radius 3 is 2.84 bits per heavy atom. The molecule has 0 radical (unpaired) electrons. The Hall–Kier alpha value is -2.30. The van der Waals surface area contributed by atoms with Crippen LogP contribution >= 0.6 is 0 Å². The SMILES string of the molecule is CCOc1ccc(C)cc1C=Nn1cc(C)nc1N. The van der Waals surface area contributed by atoms with E-state index in [0.717, 1.165) is 22.6 Å². The second-order valence-electron chi connectivity index (χ2n) is 4.30. The highest BCUT2D eigenvalue weighted by atomic mass is 16.5. The smallest absolute Gasteiger partial charge is 0.221 e. The Labute approximate surface area is 112 Å². The van der Waals surface area contributed by atoms with Crippen LogP contribution in [0.15, 0.2) is 29.5 Å². The molecule has 0 saturated heterocycles. The lowest BCUT2D eigenvalue weighted by molar-refractivity contribution is 0.339. The molecule has 1 aromatic heterocycles. The molecule has 0 saturated carbocycles. The zero-order valence-corrected chi connectivity index (χ0v) is 11.4. The van der Waals surface area contributed by atoms with Gasteiger partial charge in [-0.3, -0.25) is 0 Å². The fourth-order valence-corrected chi connectivity index (χ4v) is 1.78. The van der Waals surface area contributed by atoms with Crippen molar-refractivity contribution in [3.63, 3.8) is 0 Å². The lowest BCUT2D eigenvalue weighted by Gasteiger charge is -2.07. The van der Waals surface area contributed by atoms with Gasteiger partial charge in [0.1, 0.15) is 5.75 Å². The molecular formula is C14H18N4O. The third kappa shape index (κ3) is 3.13. The normalized spacial score (nSPS) is 11.1. The van der Waals surface area contributed by atoms with Gasteiger partial charge >= 0.3 is 0 Å². The second kappa shape index (κ2) is 5.56. The Balaban J connectivity index is 2.31. The zero-order chi connectivity index (χ0) is 13.8. The lowest BCUT2D eigenvalue weighted by atomic mass is 10.1. The largest absolute Gasteiger partial charge is 0.493 e. The summed E-state index contributed by atoms with van der Waals surface area (Å²) in [6, 6.07) is 5.98. The Morgan fingerprint density at radius 2 is 2.21 bits per heavy atom. The number of nitrogens with two attached hydrogens (primary N) is 1. The molecule has 5 heteroatoms. The van der Waals surface area contributed by atoms with Crippen molar-refractivity contribution in [2.24, 2.45) is 5.10 Å². The molecule has 5 nitrogen and oxygen atoms in total. The van der Waals surface area contributed by atoms with Crippen LogP contribution < -0.4 is 10.5 Å². The molecule has 0 aliphatic carbocycles. The van der Waals surface area contributed by atoms with Crippen LogP contribution in [0.2, 0.25) is 0 Å². The van der Waals surface area contributed by atoms with Gasteiger partial charge in [-0.1, -0.05) is 11.6 Å². The molecule has 0 atom stereocenters. The summed E-state index contributed by atoms with van der Waals surface area (Å²) in [6.07, 6.45) is 3.51. The number of anilines is 1. The molecule has 2 N–H and O–H groups in total. The van der Waals surface area contributed by atoms with Crippen LogP contribution in [0.1, 0.15) is 23.7 Å². The van der Waals surface area contributed by atoms with E-state index in [1.807, 2.05) is 39.0 Å². The first-order chi connectivity index (χ1) is 9.10. The molecule has 100 valence electrons. The molecule has 2 rings (SSSR count). The van der Waals surface area contributed by atoms with Crippen LogP contribution in [0.25, 0.3) is 0 Å². The second-order valence-corrected chi connectivity index (χ2v) is 4.30. The van der Waals surface area contributed by atoms with Gasteiger partial charge < -0.3 is 10.5 Å². The van der Waals surface area contributed by atoms with Crippen molar-refractivity contribution in [1.82, 2.24) is 9.66 Å². The maximum atomic E-state index is 5.74. The van der Waals surface area contributed by atoms with Gasteiger partial charge in [-0.15, -0.1) is 0 Å². The standard InChI is InChI=1S/C14H18N4O/c1-4-19-13-6-5-10(2)7-12(13)8-16-18-9-11(3)17-14(18)15/h5-9H,4H2,1-3H3,(H2,15,17). The van der Waals surface area contributed by atoms with Crippen molar-refractivity contribution in [3.8, 4) is 5.75 Å². The van der Waals surface area contributed by atoms with Crippen molar-refractivity contribution >= 4 is 12.2 Å². The number of hydrogen-bond donors (Lipinski definition) is 1. The minimum Gasteiger partial charge on any atom is -0.493 e. The van der Waals surface area contributed by atoms with Gasteiger partial charge in [-0.2, -0.15) is 5.10 Å². The topological polar surface area (TPSA) is 65.4 Å². The van der Waals surface area contributed by atoms with Crippen molar-refractivity contribution in [2.75, 3.05) is 12.3 Å². The molecule has 1 aromatic carbocycles. The highest BCUT2D eigenvalue weighted by molar-refractivity contribution is 5.83. The number of hydrogen-bond acceptors (Lipinski definition) is 4. The average molecular weight is 258 g/mol. The first kappa shape index (κ1) is 13.1. The van der Waals surface area contributed by atoms with Gasteiger partial charge in [0, 0.05) is 5.56 Å². The zero-order valence-electron chi connectivity index (χ0n) is 11.4. The quantitative estimate of drug-likeness (QED) is 0.856. The Bertz CT molecular complexity index is 601. The van der Waals surface area contributed by atoms with Gasteiger partial charge in [-0.05, 0) is 32.9 Å². The van der Waals surface area contributed by atoms with Crippen LogP contribution in [0.5, 0.6) is 5.75 Å². The Morgan fingerprint density at radius 1 is 1.42 bits per heavy atom. The minimum absolute atomic E-state index is 0.374.